The number of allylic oxidation sites excluding steroid dienone is 1. The molecule has 0 N–H and O–H groups in total. The molecule has 176 valence electrons. The third kappa shape index (κ3) is 3.01. The van der Waals surface area contributed by atoms with Crippen molar-refractivity contribution in [3.8, 4) is 0 Å². The van der Waals surface area contributed by atoms with Crippen LogP contribution >= 0.6 is 0 Å². The summed E-state index contributed by atoms with van der Waals surface area (Å²) < 4.78 is 23.5. The predicted molar refractivity (Wildman–Crippen MR) is 116 cm³/mol. The summed E-state index contributed by atoms with van der Waals surface area (Å²) in [6.07, 6.45) is 11.0. The number of methoxy groups -OCH3 is 1. The van der Waals surface area contributed by atoms with Crippen molar-refractivity contribution in [1.82, 2.24) is 0 Å². The second-order valence-corrected chi connectivity index (χ2v) is 11.6. The lowest BCUT2D eigenvalue weighted by Gasteiger charge is -2.47. The number of hydrogen-bond acceptors (Lipinski definition) is 6. The van der Waals surface area contributed by atoms with E-state index >= 15 is 0 Å². The zero-order valence-electron chi connectivity index (χ0n) is 19.6. The molecule has 6 rings (SSSR count). The van der Waals surface area contributed by atoms with Gasteiger partial charge in [0.25, 0.3) is 0 Å². The Hall–Kier alpha value is -1.24. The Balaban J connectivity index is 1.25. The summed E-state index contributed by atoms with van der Waals surface area (Å²) in [7, 11) is 1.68. The summed E-state index contributed by atoms with van der Waals surface area (Å²) in [6, 6.07) is 0. The lowest BCUT2D eigenvalue weighted by atomic mass is 9.57. The fourth-order valence-corrected chi connectivity index (χ4v) is 8.20. The molecule has 1 spiro atoms. The number of ether oxygens (including phenoxy) is 4. The van der Waals surface area contributed by atoms with E-state index in [1.54, 1.807) is 7.11 Å². The van der Waals surface area contributed by atoms with Crippen LogP contribution in [0.3, 0.4) is 0 Å². The highest BCUT2D eigenvalue weighted by molar-refractivity contribution is 5.90. The number of carbonyl (C=O) groups excluding carboxylic acids is 2. The van der Waals surface area contributed by atoms with Gasteiger partial charge in [-0.15, -0.1) is 0 Å². The number of esters is 1. The second-order valence-electron chi connectivity index (χ2n) is 11.6. The second kappa shape index (κ2) is 7.13. The number of epoxide rings is 2. The number of fused-ring (bicyclic) bond motifs is 3. The molecule has 0 amide bonds. The van der Waals surface area contributed by atoms with Crippen LogP contribution in [0.5, 0.6) is 0 Å². The molecule has 0 aromatic heterocycles. The van der Waals surface area contributed by atoms with E-state index in [2.05, 4.69) is 13.8 Å². The van der Waals surface area contributed by atoms with Crippen LogP contribution in [0.15, 0.2) is 11.6 Å². The first-order chi connectivity index (χ1) is 15.3. The van der Waals surface area contributed by atoms with E-state index in [0.717, 1.165) is 51.4 Å². The Kier molecular flexibility index (Phi) is 4.75. The fourth-order valence-electron chi connectivity index (χ4n) is 8.20. The van der Waals surface area contributed by atoms with Crippen LogP contribution in [0.1, 0.15) is 78.1 Å². The van der Waals surface area contributed by atoms with E-state index in [1.807, 2.05) is 6.08 Å². The first kappa shape index (κ1) is 21.3. The summed E-state index contributed by atoms with van der Waals surface area (Å²) in [5, 5.41) is 0. The molecule has 32 heavy (non-hydrogen) atoms. The van der Waals surface area contributed by atoms with Gasteiger partial charge in [-0.25, -0.2) is 0 Å². The topological polar surface area (TPSA) is 77.7 Å². The van der Waals surface area contributed by atoms with Crippen molar-refractivity contribution in [3.05, 3.63) is 11.6 Å². The molecule has 9 atom stereocenters. The van der Waals surface area contributed by atoms with Crippen molar-refractivity contribution in [2.75, 3.05) is 7.11 Å². The standard InChI is InChI=1S/C26H36O6/c1-15-4-6-18(27)12-16(5-7-19-23(29-3)30-19)22(15)26-13-17-8-10-25(11-9-21(28)32-25)24(17,2)14-20(26)31-26/h12,15,17,19-20,22-23H,4-11,13-14H2,1-3H3. The highest BCUT2D eigenvalue weighted by Crippen LogP contribution is 2.71. The van der Waals surface area contributed by atoms with E-state index in [1.165, 1.54) is 5.57 Å². The molecule has 2 saturated carbocycles. The monoisotopic (exact) mass is 444 g/mol. The van der Waals surface area contributed by atoms with Gasteiger partial charge in [-0.1, -0.05) is 19.4 Å². The predicted octanol–water partition coefficient (Wildman–Crippen LogP) is 4.10. The summed E-state index contributed by atoms with van der Waals surface area (Å²) in [4.78, 5) is 24.6. The smallest absolute Gasteiger partial charge is 0.306 e. The van der Waals surface area contributed by atoms with Gasteiger partial charge in [-0.3, -0.25) is 9.59 Å². The van der Waals surface area contributed by atoms with Gasteiger partial charge >= 0.3 is 5.97 Å². The van der Waals surface area contributed by atoms with Gasteiger partial charge in [-0.2, -0.15) is 0 Å². The van der Waals surface area contributed by atoms with Crippen LogP contribution < -0.4 is 0 Å². The third-order valence-corrected chi connectivity index (χ3v) is 10.1. The van der Waals surface area contributed by atoms with Crippen molar-refractivity contribution < 1.29 is 28.5 Å². The van der Waals surface area contributed by atoms with Gasteiger partial charge in [0.05, 0.1) is 6.10 Å². The van der Waals surface area contributed by atoms with Crippen LogP contribution in [0, 0.1) is 23.2 Å². The largest absolute Gasteiger partial charge is 0.458 e. The highest BCUT2D eigenvalue weighted by Gasteiger charge is 2.74. The molecule has 5 fully saturated rings. The first-order valence-corrected chi connectivity index (χ1v) is 12.6. The lowest BCUT2D eigenvalue weighted by molar-refractivity contribution is -0.161. The normalized spacial score (nSPS) is 51.7. The number of rotatable bonds is 5. The van der Waals surface area contributed by atoms with Crippen LogP contribution in [-0.4, -0.2) is 48.6 Å². The molecule has 3 aliphatic heterocycles. The van der Waals surface area contributed by atoms with Crippen molar-refractivity contribution in [1.29, 1.82) is 0 Å². The highest BCUT2D eigenvalue weighted by atomic mass is 16.8. The summed E-state index contributed by atoms with van der Waals surface area (Å²) >= 11 is 0. The van der Waals surface area contributed by atoms with E-state index < -0.39 is 0 Å². The molecule has 0 bridgehead atoms. The van der Waals surface area contributed by atoms with Gasteiger partial charge in [0, 0.05) is 31.3 Å². The molecule has 3 saturated heterocycles. The van der Waals surface area contributed by atoms with Crippen LogP contribution in [0.25, 0.3) is 0 Å². The number of ketones is 1. The van der Waals surface area contributed by atoms with E-state index in [4.69, 9.17) is 18.9 Å². The van der Waals surface area contributed by atoms with Crippen molar-refractivity contribution in [3.63, 3.8) is 0 Å². The van der Waals surface area contributed by atoms with Crippen LogP contribution in [-0.2, 0) is 28.5 Å². The molecule has 6 nitrogen and oxygen atoms in total. The Morgan fingerprint density at radius 3 is 2.72 bits per heavy atom. The zero-order valence-corrected chi connectivity index (χ0v) is 19.6. The maximum absolute atomic E-state index is 12.6. The number of hydrogen-bond donors (Lipinski definition) is 0. The average molecular weight is 445 g/mol. The minimum atomic E-state index is -0.283. The summed E-state index contributed by atoms with van der Waals surface area (Å²) in [5.41, 5.74) is 0.829. The summed E-state index contributed by atoms with van der Waals surface area (Å²) in [6.45, 7) is 4.65. The van der Waals surface area contributed by atoms with Gasteiger partial charge in [0.2, 0.25) is 0 Å². The molecular weight excluding hydrogens is 408 g/mol. The molecule has 0 radical (unpaired) electrons. The molecule has 9 unspecified atom stereocenters. The van der Waals surface area contributed by atoms with Crippen molar-refractivity contribution in [2.24, 2.45) is 23.2 Å². The molecular formula is C26H36O6. The molecule has 3 aliphatic carbocycles. The number of carbonyl (C=O) groups is 2. The van der Waals surface area contributed by atoms with Crippen molar-refractivity contribution in [2.45, 2.75) is 108 Å². The van der Waals surface area contributed by atoms with Crippen LogP contribution in [0.4, 0.5) is 0 Å². The average Bonchev–Trinajstić information content (AvgIpc) is 3.62. The molecule has 6 aliphatic rings. The SMILES string of the molecule is COC1OC1CCC1=CC(=O)CCC(C)C1C12CC3CCC4(CCC(=O)O4)C3(C)CC1O2. The van der Waals surface area contributed by atoms with E-state index in [-0.39, 0.29) is 52.8 Å². The van der Waals surface area contributed by atoms with Gasteiger partial charge < -0.3 is 18.9 Å². The Morgan fingerprint density at radius 2 is 2.00 bits per heavy atom. The summed E-state index contributed by atoms with van der Waals surface area (Å²) in [5.74, 6) is 1.43. The first-order valence-electron chi connectivity index (χ1n) is 12.6. The maximum Gasteiger partial charge on any atom is 0.306 e. The van der Waals surface area contributed by atoms with Gasteiger partial charge in [0.15, 0.2) is 12.1 Å². The van der Waals surface area contributed by atoms with Gasteiger partial charge in [0.1, 0.15) is 17.3 Å². The van der Waals surface area contributed by atoms with Gasteiger partial charge in [-0.05, 0) is 69.3 Å². The van der Waals surface area contributed by atoms with Crippen molar-refractivity contribution >= 4 is 11.8 Å². The zero-order chi connectivity index (χ0) is 22.3. The molecule has 6 heteroatoms. The lowest BCUT2D eigenvalue weighted by Crippen LogP contribution is -2.51. The van der Waals surface area contributed by atoms with Crippen LogP contribution in [0.2, 0.25) is 0 Å². The Bertz CT molecular complexity index is 866. The maximum atomic E-state index is 12.6. The van der Waals surface area contributed by atoms with E-state index in [9.17, 15) is 9.59 Å². The molecule has 0 aromatic carbocycles. The quantitative estimate of drug-likeness (QED) is 0.469. The fraction of sp³-hybridized carbons (Fsp3) is 0.846. The minimum Gasteiger partial charge on any atom is -0.458 e. The Morgan fingerprint density at radius 1 is 1.16 bits per heavy atom. The Labute approximate surface area is 190 Å². The minimum absolute atomic E-state index is 0.00499. The molecule has 3 heterocycles. The third-order valence-electron chi connectivity index (χ3n) is 10.1. The molecule has 0 aromatic rings. The van der Waals surface area contributed by atoms with E-state index in [0.29, 0.717) is 24.7 Å².